The molecule has 2 heteroatoms. The minimum Gasteiger partial charge on any atom is -0.156 e. The van der Waals surface area contributed by atoms with E-state index < -0.39 is 0 Å². The molecule has 2 heterocycles. The number of rotatable bonds is 2. The van der Waals surface area contributed by atoms with Crippen molar-refractivity contribution < 1.29 is 0 Å². The Hall–Kier alpha value is 0.700. The maximum atomic E-state index is 2.41. The van der Waals surface area contributed by atoms with Gasteiger partial charge in [0.1, 0.15) is 0 Å². The summed E-state index contributed by atoms with van der Waals surface area (Å²) in [4.78, 5) is 0. The van der Waals surface area contributed by atoms with Crippen molar-refractivity contribution in [1.29, 1.82) is 0 Å². The lowest BCUT2D eigenvalue weighted by atomic mass is 10.0. The summed E-state index contributed by atoms with van der Waals surface area (Å²) in [5.41, 5.74) is 0. The van der Waals surface area contributed by atoms with Gasteiger partial charge in [-0.1, -0.05) is 13.8 Å². The van der Waals surface area contributed by atoms with Crippen LogP contribution in [0.1, 0.15) is 13.8 Å². The predicted molar refractivity (Wildman–Crippen MR) is 46.3 cm³/mol. The van der Waals surface area contributed by atoms with E-state index in [9.17, 15) is 0 Å². The number of thioether (sulfide) groups is 2. The molecule has 4 atom stereocenters. The van der Waals surface area contributed by atoms with Crippen molar-refractivity contribution in [2.45, 2.75) is 29.6 Å². The number of hydrogen-bond acceptors (Lipinski definition) is 2. The van der Waals surface area contributed by atoms with Crippen LogP contribution in [0.15, 0.2) is 0 Å². The van der Waals surface area contributed by atoms with Crippen molar-refractivity contribution in [2.75, 3.05) is 5.75 Å². The molecule has 0 aromatic carbocycles. The van der Waals surface area contributed by atoms with Crippen molar-refractivity contribution in [2.24, 2.45) is 5.92 Å². The monoisotopic (exact) mass is 160 g/mol. The second kappa shape index (κ2) is 2.09. The van der Waals surface area contributed by atoms with Crippen molar-refractivity contribution in [3.63, 3.8) is 0 Å². The zero-order valence-corrected chi connectivity index (χ0v) is 7.47. The van der Waals surface area contributed by atoms with Gasteiger partial charge in [-0.25, -0.2) is 0 Å². The van der Waals surface area contributed by atoms with E-state index in [0.29, 0.717) is 0 Å². The summed E-state index contributed by atoms with van der Waals surface area (Å²) < 4.78 is 0. The van der Waals surface area contributed by atoms with Crippen LogP contribution in [-0.4, -0.2) is 21.5 Å². The molecule has 0 aromatic rings. The van der Waals surface area contributed by atoms with E-state index in [0.717, 1.165) is 21.7 Å². The van der Waals surface area contributed by atoms with E-state index in [2.05, 4.69) is 37.4 Å². The summed E-state index contributed by atoms with van der Waals surface area (Å²) in [6.07, 6.45) is 0. The SMILES string of the molecule is CC1SC1C(C)C1CS1. The molecular formula is C7H12S2. The minimum absolute atomic E-state index is 0.973. The third-order valence-corrected chi connectivity index (χ3v) is 4.93. The standard InChI is InChI=1S/C7H12S2/c1-4(6-3-8-6)7-5(2)9-7/h4-7H,3H2,1-2H3. The van der Waals surface area contributed by atoms with Gasteiger partial charge in [-0.15, -0.1) is 0 Å². The lowest BCUT2D eigenvalue weighted by molar-refractivity contribution is 0.609. The molecule has 9 heavy (non-hydrogen) atoms. The van der Waals surface area contributed by atoms with Gasteiger partial charge in [0, 0.05) is 21.5 Å². The molecule has 0 saturated carbocycles. The molecule has 52 valence electrons. The maximum Gasteiger partial charge on any atom is 0.0203 e. The number of hydrogen-bond donors (Lipinski definition) is 0. The Bertz CT molecular complexity index is 120. The summed E-state index contributed by atoms with van der Waals surface area (Å²) in [7, 11) is 0. The smallest absolute Gasteiger partial charge is 0.0203 e. The van der Waals surface area contributed by atoms with Crippen LogP contribution in [0.25, 0.3) is 0 Å². The fourth-order valence-electron chi connectivity index (χ4n) is 1.32. The van der Waals surface area contributed by atoms with Crippen LogP contribution in [0.2, 0.25) is 0 Å². The lowest BCUT2D eigenvalue weighted by Crippen LogP contribution is -2.10. The van der Waals surface area contributed by atoms with Gasteiger partial charge in [-0.2, -0.15) is 23.5 Å². The zero-order valence-electron chi connectivity index (χ0n) is 5.83. The van der Waals surface area contributed by atoms with Gasteiger partial charge in [0.2, 0.25) is 0 Å². The van der Waals surface area contributed by atoms with Crippen LogP contribution in [0.5, 0.6) is 0 Å². The van der Waals surface area contributed by atoms with E-state index >= 15 is 0 Å². The molecule has 2 aliphatic rings. The van der Waals surface area contributed by atoms with Gasteiger partial charge in [0.15, 0.2) is 0 Å². The highest BCUT2D eigenvalue weighted by molar-refractivity contribution is 8.08. The van der Waals surface area contributed by atoms with E-state index in [-0.39, 0.29) is 0 Å². The molecular weight excluding hydrogens is 148 g/mol. The zero-order chi connectivity index (χ0) is 6.43. The van der Waals surface area contributed by atoms with Crippen LogP contribution < -0.4 is 0 Å². The first-order valence-corrected chi connectivity index (χ1v) is 5.55. The molecule has 2 rings (SSSR count). The van der Waals surface area contributed by atoms with Gasteiger partial charge in [0.05, 0.1) is 0 Å². The Kier molecular flexibility index (Phi) is 1.49. The van der Waals surface area contributed by atoms with Crippen LogP contribution in [0.3, 0.4) is 0 Å². The van der Waals surface area contributed by atoms with Crippen molar-refractivity contribution in [3.05, 3.63) is 0 Å². The Morgan fingerprint density at radius 3 is 2.44 bits per heavy atom. The Morgan fingerprint density at radius 1 is 1.56 bits per heavy atom. The highest BCUT2D eigenvalue weighted by Crippen LogP contribution is 2.52. The Balaban J connectivity index is 1.83. The first kappa shape index (κ1) is 6.41. The first-order valence-electron chi connectivity index (χ1n) is 3.56. The van der Waals surface area contributed by atoms with Gasteiger partial charge in [-0.3, -0.25) is 0 Å². The third-order valence-electron chi connectivity index (χ3n) is 2.22. The molecule has 2 aliphatic heterocycles. The van der Waals surface area contributed by atoms with Gasteiger partial charge < -0.3 is 0 Å². The van der Waals surface area contributed by atoms with Crippen LogP contribution in [-0.2, 0) is 0 Å². The molecule has 0 aromatic heterocycles. The fraction of sp³-hybridized carbons (Fsp3) is 1.00. The largest absolute Gasteiger partial charge is 0.156 e. The topological polar surface area (TPSA) is 0 Å². The Labute approximate surface area is 65.2 Å². The maximum absolute atomic E-state index is 2.41. The van der Waals surface area contributed by atoms with Gasteiger partial charge in [0.25, 0.3) is 0 Å². The second-order valence-electron chi connectivity index (χ2n) is 3.04. The molecule has 0 N–H and O–H groups in total. The lowest BCUT2D eigenvalue weighted by Gasteiger charge is -2.03. The quantitative estimate of drug-likeness (QED) is 0.568. The second-order valence-corrected chi connectivity index (χ2v) is 5.87. The summed E-state index contributed by atoms with van der Waals surface area (Å²) >= 11 is 4.29. The van der Waals surface area contributed by atoms with E-state index in [1.165, 1.54) is 5.75 Å². The van der Waals surface area contributed by atoms with E-state index in [4.69, 9.17) is 0 Å². The molecule has 0 spiro atoms. The fourth-order valence-corrected chi connectivity index (χ4v) is 3.40. The van der Waals surface area contributed by atoms with E-state index in [1.807, 2.05) is 0 Å². The molecule has 2 saturated heterocycles. The summed E-state index contributed by atoms with van der Waals surface area (Å²) in [5, 5.41) is 3.03. The average Bonchev–Trinajstić information content (AvgIpc) is 2.53. The van der Waals surface area contributed by atoms with Crippen molar-refractivity contribution in [1.82, 2.24) is 0 Å². The van der Waals surface area contributed by atoms with E-state index in [1.54, 1.807) is 0 Å². The molecule has 0 amide bonds. The van der Waals surface area contributed by atoms with Crippen LogP contribution in [0.4, 0.5) is 0 Å². The summed E-state index contributed by atoms with van der Waals surface area (Å²) in [6.45, 7) is 4.75. The molecule has 4 unspecified atom stereocenters. The minimum atomic E-state index is 0.973. The normalized spacial score (nSPS) is 50.7. The highest BCUT2D eigenvalue weighted by Gasteiger charge is 2.45. The third kappa shape index (κ3) is 1.25. The average molecular weight is 160 g/mol. The summed E-state index contributed by atoms with van der Waals surface area (Å²) in [6, 6.07) is 0. The summed E-state index contributed by atoms with van der Waals surface area (Å²) in [5.74, 6) is 2.43. The van der Waals surface area contributed by atoms with Crippen LogP contribution >= 0.6 is 23.5 Å². The molecule has 0 nitrogen and oxygen atoms in total. The first-order chi connectivity index (χ1) is 4.29. The molecule has 2 fully saturated rings. The van der Waals surface area contributed by atoms with Gasteiger partial charge in [-0.05, 0) is 5.92 Å². The molecule has 0 aliphatic carbocycles. The molecule has 0 radical (unpaired) electrons. The highest BCUT2D eigenvalue weighted by atomic mass is 32.2. The predicted octanol–water partition coefficient (Wildman–Crippen LogP) is 2.24. The Morgan fingerprint density at radius 2 is 2.11 bits per heavy atom. The van der Waals surface area contributed by atoms with Gasteiger partial charge >= 0.3 is 0 Å². The van der Waals surface area contributed by atoms with Crippen LogP contribution in [0, 0.1) is 5.92 Å². The molecule has 0 bridgehead atoms. The van der Waals surface area contributed by atoms with Crippen molar-refractivity contribution >= 4 is 23.5 Å². The van der Waals surface area contributed by atoms with Crippen molar-refractivity contribution in [3.8, 4) is 0 Å².